The summed E-state index contributed by atoms with van der Waals surface area (Å²) in [5, 5.41) is 6.74. The Kier molecular flexibility index (Phi) is 5.27. The van der Waals surface area contributed by atoms with E-state index in [1.54, 1.807) is 23.0 Å². The van der Waals surface area contributed by atoms with E-state index in [1.807, 2.05) is 23.1 Å². The molecule has 11 nitrogen and oxygen atoms in total. The van der Waals surface area contributed by atoms with Crippen molar-refractivity contribution in [1.82, 2.24) is 29.9 Å². The van der Waals surface area contributed by atoms with Crippen molar-refractivity contribution >= 4 is 41.3 Å². The van der Waals surface area contributed by atoms with Crippen LogP contribution in [0.15, 0.2) is 36.2 Å². The van der Waals surface area contributed by atoms with Crippen molar-refractivity contribution in [3.63, 3.8) is 0 Å². The van der Waals surface area contributed by atoms with E-state index in [0.29, 0.717) is 54.7 Å². The van der Waals surface area contributed by atoms with Crippen LogP contribution >= 0.6 is 0 Å². The van der Waals surface area contributed by atoms with Gasteiger partial charge in [-0.1, -0.05) is 6.07 Å². The summed E-state index contributed by atoms with van der Waals surface area (Å²) in [6.45, 7) is 3.68. The zero-order valence-corrected chi connectivity index (χ0v) is 19.0. The number of anilines is 3. The van der Waals surface area contributed by atoms with Crippen LogP contribution < -0.4 is 20.0 Å². The van der Waals surface area contributed by atoms with Crippen LogP contribution in [0.4, 0.5) is 22.1 Å². The van der Waals surface area contributed by atoms with Crippen molar-refractivity contribution in [1.29, 1.82) is 0 Å². The van der Waals surface area contributed by atoms with E-state index in [4.69, 9.17) is 9.97 Å². The molecule has 1 atom stereocenters. The lowest BCUT2D eigenvalue weighted by Gasteiger charge is -2.35. The number of carbonyl (C=O) groups excluding carboxylic acids is 2. The Morgan fingerprint density at radius 3 is 2.54 bits per heavy atom. The highest BCUT2D eigenvalue weighted by Gasteiger charge is 2.29. The van der Waals surface area contributed by atoms with Gasteiger partial charge >= 0.3 is 0 Å². The van der Waals surface area contributed by atoms with Crippen molar-refractivity contribution in [3.05, 3.63) is 41.7 Å². The third-order valence-corrected chi connectivity index (χ3v) is 6.54. The van der Waals surface area contributed by atoms with Gasteiger partial charge in [-0.25, -0.2) is 9.37 Å². The molecule has 3 aromatic heterocycles. The maximum Gasteiger partial charge on any atom is 0.254 e. The normalized spacial score (nSPS) is 22.0. The van der Waals surface area contributed by atoms with Crippen LogP contribution in [0.2, 0.25) is 0 Å². The number of nitrogens with one attached hydrogen (secondary N) is 1. The van der Waals surface area contributed by atoms with Crippen LogP contribution in [0.25, 0.3) is 11.7 Å². The van der Waals surface area contributed by atoms with Crippen LogP contribution in [0.5, 0.6) is 0 Å². The SMILES string of the molecule is O=C1C/C(=C\c2cnn3c(N4CC[C@@H](F)C4)nc(N4CCN(c5ccccn5)CC4)nc23)C(=O)N1. The van der Waals surface area contributed by atoms with Gasteiger partial charge in [-0.15, -0.1) is 0 Å². The Hall–Kier alpha value is -4.09. The lowest BCUT2D eigenvalue weighted by Crippen LogP contribution is -2.47. The maximum absolute atomic E-state index is 14.1. The highest BCUT2D eigenvalue weighted by molar-refractivity contribution is 6.15. The van der Waals surface area contributed by atoms with E-state index in [1.165, 1.54) is 0 Å². The van der Waals surface area contributed by atoms with Gasteiger partial charge in [0.1, 0.15) is 12.0 Å². The fourth-order valence-corrected chi connectivity index (χ4v) is 4.70. The monoisotopic (exact) mass is 477 g/mol. The molecule has 6 heterocycles. The second-order valence-corrected chi connectivity index (χ2v) is 8.88. The summed E-state index contributed by atoms with van der Waals surface area (Å²) in [6.07, 6.45) is 4.56. The van der Waals surface area contributed by atoms with E-state index in [-0.39, 0.29) is 18.9 Å². The number of rotatable bonds is 4. The highest BCUT2D eigenvalue weighted by atomic mass is 19.1. The first-order valence-electron chi connectivity index (χ1n) is 11.7. The van der Waals surface area contributed by atoms with E-state index in [2.05, 4.69) is 25.2 Å². The molecule has 1 N–H and O–H groups in total. The van der Waals surface area contributed by atoms with E-state index >= 15 is 0 Å². The zero-order valence-electron chi connectivity index (χ0n) is 19.0. The third kappa shape index (κ3) is 4.04. The molecule has 35 heavy (non-hydrogen) atoms. The molecule has 3 saturated heterocycles. The summed E-state index contributed by atoms with van der Waals surface area (Å²) in [4.78, 5) is 43.9. The summed E-state index contributed by atoms with van der Waals surface area (Å²) in [5.74, 6) is 1.25. The average molecular weight is 478 g/mol. The van der Waals surface area contributed by atoms with Crippen LogP contribution in [-0.2, 0) is 9.59 Å². The second-order valence-electron chi connectivity index (χ2n) is 8.88. The number of carbonyl (C=O) groups is 2. The Morgan fingerprint density at radius 1 is 1.03 bits per heavy atom. The average Bonchev–Trinajstić information content (AvgIpc) is 3.58. The third-order valence-electron chi connectivity index (χ3n) is 6.54. The molecule has 2 amide bonds. The van der Waals surface area contributed by atoms with Gasteiger partial charge in [0.2, 0.25) is 17.8 Å². The standard InChI is InChI=1S/C23H24FN9O2/c24-17-4-6-32(14-17)23-29-22(31-9-7-30(8-10-31)18-3-1-2-5-25-18)28-20-16(13-26-33(20)23)11-15-12-19(34)27-21(15)35/h1-3,5,11,13,17H,4,6-10,12,14H2,(H,27,34,35)/b15-11+/t17-/m1/s1. The summed E-state index contributed by atoms with van der Waals surface area (Å²) in [6, 6.07) is 5.86. The number of nitrogens with zero attached hydrogens (tertiary/aromatic N) is 8. The van der Waals surface area contributed by atoms with Crippen LogP contribution in [0.3, 0.4) is 0 Å². The molecule has 12 heteroatoms. The fraction of sp³-hybridized carbons (Fsp3) is 0.391. The predicted molar refractivity (Wildman–Crippen MR) is 127 cm³/mol. The summed E-state index contributed by atoms with van der Waals surface area (Å²) >= 11 is 0. The van der Waals surface area contributed by atoms with Gasteiger partial charge in [0.15, 0.2) is 5.65 Å². The molecule has 0 radical (unpaired) electrons. The topological polar surface area (TPSA) is 112 Å². The number of piperazine rings is 1. The van der Waals surface area contributed by atoms with Crippen LogP contribution in [-0.4, -0.2) is 81.8 Å². The molecule has 3 aromatic rings. The first kappa shape index (κ1) is 21.4. The molecule has 0 aliphatic carbocycles. The van der Waals surface area contributed by atoms with Gasteiger partial charge in [0.05, 0.1) is 19.2 Å². The minimum Gasteiger partial charge on any atom is -0.353 e. The molecule has 0 unspecified atom stereocenters. The van der Waals surface area contributed by atoms with Gasteiger partial charge in [0.25, 0.3) is 5.91 Å². The van der Waals surface area contributed by atoms with Gasteiger partial charge in [-0.3, -0.25) is 14.9 Å². The van der Waals surface area contributed by atoms with E-state index in [9.17, 15) is 14.0 Å². The minimum absolute atomic E-state index is 0.0199. The number of imide groups is 1. The van der Waals surface area contributed by atoms with Crippen LogP contribution in [0.1, 0.15) is 18.4 Å². The summed E-state index contributed by atoms with van der Waals surface area (Å²) in [7, 11) is 0. The number of amides is 2. The number of hydrogen-bond donors (Lipinski definition) is 1. The molecule has 0 saturated carbocycles. The van der Waals surface area contributed by atoms with E-state index < -0.39 is 12.1 Å². The first-order valence-corrected chi connectivity index (χ1v) is 11.7. The molecule has 3 fully saturated rings. The Morgan fingerprint density at radius 2 is 1.86 bits per heavy atom. The molecule has 0 spiro atoms. The lowest BCUT2D eigenvalue weighted by atomic mass is 10.1. The van der Waals surface area contributed by atoms with Crippen molar-refractivity contribution in [2.45, 2.75) is 19.0 Å². The van der Waals surface area contributed by atoms with Gasteiger partial charge in [0, 0.05) is 50.1 Å². The molecular weight excluding hydrogens is 453 g/mol. The quantitative estimate of drug-likeness (QED) is 0.431. The van der Waals surface area contributed by atoms with Crippen molar-refractivity contribution in [2.24, 2.45) is 0 Å². The largest absolute Gasteiger partial charge is 0.353 e. The number of pyridine rings is 1. The maximum atomic E-state index is 14.1. The second kappa shape index (κ2) is 8.60. The molecule has 0 aromatic carbocycles. The smallest absolute Gasteiger partial charge is 0.254 e. The van der Waals surface area contributed by atoms with Crippen molar-refractivity contribution < 1.29 is 14.0 Å². The lowest BCUT2D eigenvalue weighted by molar-refractivity contribution is -0.124. The summed E-state index contributed by atoms with van der Waals surface area (Å²) < 4.78 is 15.6. The number of fused-ring (bicyclic) bond motifs is 1. The number of hydrogen-bond acceptors (Lipinski definition) is 9. The first-order chi connectivity index (χ1) is 17.0. The number of alkyl halides is 1. The molecule has 180 valence electrons. The van der Waals surface area contributed by atoms with Gasteiger partial charge in [-0.2, -0.15) is 19.6 Å². The Labute approximate surface area is 200 Å². The number of halogens is 1. The Balaban J connectivity index is 1.35. The van der Waals surface area contributed by atoms with Crippen molar-refractivity contribution in [3.8, 4) is 0 Å². The summed E-state index contributed by atoms with van der Waals surface area (Å²) in [5.41, 5.74) is 1.48. The van der Waals surface area contributed by atoms with Crippen LogP contribution in [0, 0.1) is 0 Å². The van der Waals surface area contributed by atoms with Crippen molar-refractivity contribution in [2.75, 3.05) is 54.0 Å². The molecule has 3 aliphatic heterocycles. The molecule has 0 bridgehead atoms. The fourth-order valence-electron chi connectivity index (χ4n) is 4.70. The number of aromatic nitrogens is 5. The predicted octanol–water partition coefficient (Wildman–Crippen LogP) is 0.824. The van der Waals surface area contributed by atoms with Gasteiger partial charge in [-0.05, 0) is 24.6 Å². The molecule has 3 aliphatic rings. The zero-order chi connectivity index (χ0) is 23.9. The van der Waals surface area contributed by atoms with E-state index in [0.717, 1.165) is 18.9 Å². The molecule has 6 rings (SSSR count). The Bertz CT molecular complexity index is 1320. The minimum atomic E-state index is -0.921. The molecular formula is C23H24FN9O2. The van der Waals surface area contributed by atoms with Gasteiger partial charge < -0.3 is 14.7 Å². The highest BCUT2D eigenvalue weighted by Crippen LogP contribution is 2.27.